The number of carbonyl (C=O) groups excluding carboxylic acids is 1. The number of rotatable bonds is 8. The number of likely N-dealkylation sites (tertiary alicyclic amines) is 1. The van der Waals surface area contributed by atoms with Crippen LogP contribution in [-0.2, 0) is 20.1 Å². The van der Waals surface area contributed by atoms with Crippen LogP contribution < -0.4 is 15.4 Å². The van der Waals surface area contributed by atoms with Gasteiger partial charge in [0, 0.05) is 68.6 Å². The maximum absolute atomic E-state index is 14.4. The molecular formula is C32H37FN8O3. The molecule has 44 heavy (non-hydrogen) atoms. The maximum Gasteiger partial charge on any atom is 0.254 e. The molecule has 0 radical (unpaired) electrons. The van der Waals surface area contributed by atoms with Crippen molar-refractivity contribution in [1.82, 2.24) is 28.8 Å². The number of aryl methyl sites for hydroxylation is 1. The first-order valence-corrected chi connectivity index (χ1v) is 15.1. The number of hydrogen-bond acceptors (Lipinski definition) is 7. The number of aliphatic hydroxyl groups excluding tert-OH is 1. The number of amides is 1. The van der Waals surface area contributed by atoms with Crippen molar-refractivity contribution in [3.8, 4) is 17.3 Å². The fourth-order valence-corrected chi connectivity index (χ4v) is 6.83. The van der Waals surface area contributed by atoms with Crippen molar-refractivity contribution in [3.05, 3.63) is 59.9 Å². The molecule has 3 aromatic heterocycles. The quantitative estimate of drug-likeness (QED) is 0.281. The molecule has 0 unspecified atom stereocenters. The molecule has 5 aromatic rings. The number of nitrogens with two attached hydrogens (primary N) is 1. The molecule has 12 heteroatoms. The second kappa shape index (κ2) is 11.3. The Hall–Kier alpha value is -4.42. The molecule has 0 bridgehead atoms. The molecule has 5 heterocycles. The normalized spacial score (nSPS) is 18.5. The minimum absolute atomic E-state index is 0.0192. The second-order valence-corrected chi connectivity index (χ2v) is 11.9. The number of halogens is 1. The Labute approximate surface area is 254 Å². The number of hydrogen-bond donors (Lipinski definition) is 2. The number of nitrogens with zero attached hydrogens (tertiary/aromatic N) is 7. The van der Waals surface area contributed by atoms with Crippen molar-refractivity contribution in [3.63, 3.8) is 0 Å². The monoisotopic (exact) mass is 600 g/mol. The third-order valence-electron chi connectivity index (χ3n) is 8.74. The van der Waals surface area contributed by atoms with Crippen molar-refractivity contribution in [2.24, 2.45) is 12.8 Å². The van der Waals surface area contributed by atoms with Gasteiger partial charge in [0.05, 0.1) is 48.8 Å². The molecular weight excluding hydrogens is 563 g/mol. The van der Waals surface area contributed by atoms with Gasteiger partial charge in [-0.25, -0.2) is 9.37 Å². The topological polar surface area (TPSA) is 120 Å². The molecule has 2 aromatic carbocycles. The first-order chi connectivity index (χ1) is 21.3. The largest absolute Gasteiger partial charge is 0.494 e. The first kappa shape index (κ1) is 28.4. The highest BCUT2D eigenvalue weighted by molar-refractivity contribution is 6.01. The Morgan fingerprint density at radius 1 is 1.18 bits per heavy atom. The number of methoxy groups -OCH3 is 1. The van der Waals surface area contributed by atoms with Crippen LogP contribution in [0.3, 0.4) is 0 Å². The molecule has 0 aliphatic carbocycles. The number of aliphatic hydroxyl groups is 1. The van der Waals surface area contributed by atoms with E-state index in [0.717, 1.165) is 58.8 Å². The molecule has 2 aliphatic heterocycles. The van der Waals surface area contributed by atoms with Crippen molar-refractivity contribution in [2.75, 3.05) is 44.8 Å². The maximum atomic E-state index is 14.4. The van der Waals surface area contributed by atoms with E-state index in [9.17, 15) is 14.3 Å². The first-order valence-electron chi connectivity index (χ1n) is 15.1. The number of alkyl halides is 1. The van der Waals surface area contributed by atoms with Crippen LogP contribution in [0.4, 0.5) is 10.1 Å². The standard InChI is InChI=1S/C32H37FN8O3/c1-37-16-20(15-35-37)17-41-30-25(11-22(13-28(30)44-2)32(43)39-18-23(33)14-24(34)19-39)36-31(41)27-12-21-5-3-6-26-29(21)40(27)9-8-38(26)7-4-10-42/h3,5-6,11-13,15-16,23-24,42H,4,7-10,14,17-19,34H2,1-2H3/t23-,24-/m1/s1. The third kappa shape index (κ3) is 4.87. The molecule has 2 aliphatic rings. The molecule has 230 valence electrons. The van der Waals surface area contributed by atoms with Gasteiger partial charge in [-0.05, 0) is 37.1 Å². The summed E-state index contributed by atoms with van der Waals surface area (Å²) in [6.45, 7) is 3.33. The molecule has 2 atom stereocenters. The van der Waals surface area contributed by atoms with Crippen LogP contribution in [0.25, 0.3) is 33.5 Å². The van der Waals surface area contributed by atoms with Crippen molar-refractivity contribution in [2.45, 2.75) is 38.1 Å². The van der Waals surface area contributed by atoms with Gasteiger partial charge in [0.25, 0.3) is 5.91 Å². The number of ether oxygens (including phenoxy) is 1. The number of piperidine rings is 1. The van der Waals surface area contributed by atoms with E-state index in [-0.39, 0.29) is 25.5 Å². The number of anilines is 1. The lowest BCUT2D eigenvalue weighted by atomic mass is 10.0. The van der Waals surface area contributed by atoms with Gasteiger partial charge in [-0.1, -0.05) is 12.1 Å². The Morgan fingerprint density at radius 2 is 2.05 bits per heavy atom. The van der Waals surface area contributed by atoms with Gasteiger partial charge in [-0.15, -0.1) is 0 Å². The number of para-hydroxylation sites is 1. The van der Waals surface area contributed by atoms with Crippen molar-refractivity contribution in [1.29, 1.82) is 0 Å². The molecule has 1 amide bonds. The van der Waals surface area contributed by atoms with Gasteiger partial charge in [-0.3, -0.25) is 9.48 Å². The van der Waals surface area contributed by atoms with Crippen molar-refractivity contribution >= 4 is 33.5 Å². The third-order valence-corrected chi connectivity index (χ3v) is 8.74. The lowest BCUT2D eigenvalue weighted by molar-refractivity contribution is 0.0606. The summed E-state index contributed by atoms with van der Waals surface area (Å²) in [6.07, 6.45) is 3.62. The van der Waals surface area contributed by atoms with E-state index in [2.05, 4.69) is 43.4 Å². The van der Waals surface area contributed by atoms with E-state index in [1.54, 1.807) is 23.9 Å². The highest BCUT2D eigenvalue weighted by Gasteiger charge is 2.31. The van der Waals surface area contributed by atoms with Gasteiger partial charge >= 0.3 is 0 Å². The van der Waals surface area contributed by atoms with Crippen molar-refractivity contribution < 1.29 is 19.0 Å². The molecule has 11 nitrogen and oxygen atoms in total. The van der Waals surface area contributed by atoms with Crippen LogP contribution in [0, 0.1) is 0 Å². The average molecular weight is 601 g/mol. The summed E-state index contributed by atoms with van der Waals surface area (Å²) < 4.78 is 26.5. The zero-order chi connectivity index (χ0) is 30.5. The Kier molecular flexibility index (Phi) is 7.25. The lowest BCUT2D eigenvalue weighted by Gasteiger charge is -2.33. The number of benzene rings is 2. The van der Waals surface area contributed by atoms with Crippen LogP contribution in [0.5, 0.6) is 5.75 Å². The van der Waals surface area contributed by atoms with Crippen LogP contribution in [0.15, 0.2) is 48.8 Å². The van der Waals surface area contributed by atoms with Crippen LogP contribution in [0.2, 0.25) is 0 Å². The Morgan fingerprint density at radius 3 is 2.80 bits per heavy atom. The van der Waals surface area contributed by atoms with Gasteiger partial charge in [0.1, 0.15) is 17.4 Å². The summed E-state index contributed by atoms with van der Waals surface area (Å²) in [7, 11) is 3.47. The van der Waals surface area contributed by atoms with Crippen LogP contribution >= 0.6 is 0 Å². The minimum Gasteiger partial charge on any atom is -0.494 e. The number of fused-ring (bicyclic) bond motifs is 1. The van der Waals surface area contributed by atoms with E-state index < -0.39 is 12.2 Å². The minimum atomic E-state index is -1.15. The predicted molar refractivity (Wildman–Crippen MR) is 167 cm³/mol. The molecule has 0 spiro atoms. The Bertz CT molecular complexity index is 1850. The smallest absolute Gasteiger partial charge is 0.254 e. The van der Waals surface area contributed by atoms with Gasteiger partial charge in [0.2, 0.25) is 0 Å². The summed E-state index contributed by atoms with van der Waals surface area (Å²) in [5, 5.41) is 14.9. The van der Waals surface area contributed by atoms with E-state index in [1.807, 2.05) is 19.4 Å². The molecule has 3 N–H and O–H groups in total. The molecule has 7 rings (SSSR count). The van der Waals surface area contributed by atoms with Gasteiger partial charge in [0.15, 0.2) is 5.82 Å². The van der Waals surface area contributed by atoms with E-state index in [1.165, 1.54) is 4.90 Å². The van der Waals surface area contributed by atoms with Gasteiger partial charge < -0.3 is 34.5 Å². The highest BCUT2D eigenvalue weighted by Crippen LogP contribution is 2.39. The van der Waals surface area contributed by atoms with E-state index in [0.29, 0.717) is 36.3 Å². The summed E-state index contributed by atoms with van der Waals surface area (Å²) in [5.74, 6) is 0.973. The summed E-state index contributed by atoms with van der Waals surface area (Å²) >= 11 is 0. The SMILES string of the molecule is COc1cc(C(=O)N2C[C@H](N)C[C@@H](F)C2)cc2nc(-c3cc4cccc5c4n3CCN5CCCO)n(Cc3cnn(C)c3)c12. The molecule has 1 fully saturated rings. The highest BCUT2D eigenvalue weighted by atomic mass is 19.1. The van der Waals surface area contributed by atoms with Crippen LogP contribution in [-0.4, -0.2) is 91.9 Å². The Balaban J connectivity index is 1.39. The molecule has 1 saturated heterocycles. The second-order valence-electron chi connectivity index (χ2n) is 11.9. The zero-order valence-electron chi connectivity index (χ0n) is 25.0. The fourth-order valence-electron chi connectivity index (χ4n) is 6.83. The van der Waals surface area contributed by atoms with E-state index >= 15 is 0 Å². The number of carbonyl (C=O) groups is 1. The summed E-state index contributed by atoms with van der Waals surface area (Å²) in [5.41, 5.74) is 12.1. The zero-order valence-corrected chi connectivity index (χ0v) is 25.0. The predicted octanol–water partition coefficient (Wildman–Crippen LogP) is 3.16. The average Bonchev–Trinajstić information content (AvgIpc) is 3.71. The number of imidazole rings is 1. The lowest BCUT2D eigenvalue weighted by Crippen LogP contribution is -2.50. The molecule has 0 saturated carbocycles. The van der Waals surface area contributed by atoms with Gasteiger partial charge in [-0.2, -0.15) is 5.10 Å². The van der Waals surface area contributed by atoms with Crippen LogP contribution in [0.1, 0.15) is 28.8 Å². The summed E-state index contributed by atoms with van der Waals surface area (Å²) in [4.78, 5) is 22.6. The fraction of sp³-hybridized carbons (Fsp3) is 0.406. The summed E-state index contributed by atoms with van der Waals surface area (Å²) in [6, 6.07) is 11.6. The van der Waals surface area contributed by atoms with E-state index in [4.69, 9.17) is 15.5 Å². The number of aromatic nitrogens is 5.